The first-order valence-electron chi connectivity index (χ1n) is 6.33. The molecule has 1 aliphatic carbocycles. The predicted octanol–water partition coefficient (Wildman–Crippen LogP) is 2.20. The first-order valence-corrected chi connectivity index (χ1v) is 6.33. The molecule has 1 fully saturated rings. The Kier molecular flexibility index (Phi) is 3.74. The SMILES string of the molecule is CC1(C)CCC(C(NN)c2cncnc2)CC1. The van der Waals surface area contributed by atoms with E-state index >= 15 is 0 Å². The van der Waals surface area contributed by atoms with Gasteiger partial charge in [0.2, 0.25) is 0 Å². The van der Waals surface area contributed by atoms with Crippen LogP contribution in [0.3, 0.4) is 0 Å². The van der Waals surface area contributed by atoms with E-state index in [2.05, 4.69) is 29.2 Å². The smallest absolute Gasteiger partial charge is 0.115 e. The zero-order chi connectivity index (χ0) is 12.3. The van der Waals surface area contributed by atoms with Gasteiger partial charge in [-0.25, -0.2) is 9.97 Å². The highest BCUT2D eigenvalue weighted by molar-refractivity contribution is 5.10. The largest absolute Gasteiger partial charge is 0.271 e. The molecule has 0 radical (unpaired) electrons. The van der Waals surface area contributed by atoms with Crippen molar-refractivity contribution >= 4 is 0 Å². The van der Waals surface area contributed by atoms with Gasteiger partial charge in [0.1, 0.15) is 6.33 Å². The molecule has 0 spiro atoms. The summed E-state index contributed by atoms with van der Waals surface area (Å²) < 4.78 is 0. The Morgan fingerprint density at radius 3 is 2.41 bits per heavy atom. The number of hydrogen-bond acceptors (Lipinski definition) is 4. The number of hydrazine groups is 1. The lowest BCUT2D eigenvalue weighted by molar-refractivity contribution is 0.161. The summed E-state index contributed by atoms with van der Waals surface area (Å²) in [5, 5.41) is 0. The highest BCUT2D eigenvalue weighted by Crippen LogP contribution is 2.42. The molecule has 2 rings (SSSR count). The van der Waals surface area contributed by atoms with Gasteiger partial charge in [-0.15, -0.1) is 0 Å². The van der Waals surface area contributed by atoms with E-state index in [1.165, 1.54) is 25.7 Å². The number of nitrogens with zero attached hydrogens (tertiary/aromatic N) is 2. The fraction of sp³-hybridized carbons (Fsp3) is 0.692. The third kappa shape index (κ3) is 3.01. The first-order chi connectivity index (χ1) is 8.12. The summed E-state index contributed by atoms with van der Waals surface area (Å²) in [6.07, 6.45) is 10.2. The molecule has 0 saturated heterocycles. The highest BCUT2D eigenvalue weighted by Gasteiger charge is 2.31. The minimum Gasteiger partial charge on any atom is -0.271 e. The molecule has 1 heterocycles. The van der Waals surface area contributed by atoms with Gasteiger partial charge in [-0.1, -0.05) is 13.8 Å². The van der Waals surface area contributed by atoms with Gasteiger partial charge in [0.25, 0.3) is 0 Å². The first kappa shape index (κ1) is 12.5. The van der Waals surface area contributed by atoms with Gasteiger partial charge in [0.15, 0.2) is 0 Å². The van der Waals surface area contributed by atoms with E-state index < -0.39 is 0 Å². The number of rotatable bonds is 3. The molecule has 4 heteroatoms. The molecule has 1 aliphatic rings. The molecule has 1 aromatic heterocycles. The summed E-state index contributed by atoms with van der Waals surface area (Å²) in [6.45, 7) is 4.69. The van der Waals surface area contributed by atoms with Crippen LogP contribution in [0.2, 0.25) is 0 Å². The standard InChI is InChI=1S/C13H22N4/c1-13(2)5-3-10(4-6-13)12(17-14)11-7-15-9-16-8-11/h7-10,12,17H,3-6,14H2,1-2H3. The lowest BCUT2D eigenvalue weighted by Gasteiger charge is -2.37. The van der Waals surface area contributed by atoms with Crippen LogP contribution in [0, 0.1) is 11.3 Å². The van der Waals surface area contributed by atoms with Gasteiger partial charge >= 0.3 is 0 Å². The monoisotopic (exact) mass is 234 g/mol. The van der Waals surface area contributed by atoms with Crippen molar-refractivity contribution in [1.29, 1.82) is 0 Å². The van der Waals surface area contributed by atoms with Crippen LogP contribution in [-0.4, -0.2) is 9.97 Å². The summed E-state index contributed by atoms with van der Waals surface area (Å²) >= 11 is 0. The molecule has 0 aliphatic heterocycles. The zero-order valence-corrected chi connectivity index (χ0v) is 10.7. The van der Waals surface area contributed by atoms with Gasteiger partial charge in [0.05, 0.1) is 6.04 Å². The Labute approximate surface area is 103 Å². The van der Waals surface area contributed by atoms with Crippen LogP contribution in [0.1, 0.15) is 51.1 Å². The summed E-state index contributed by atoms with van der Waals surface area (Å²) in [4.78, 5) is 8.14. The molecule has 1 aromatic rings. The minimum atomic E-state index is 0.187. The second kappa shape index (κ2) is 5.10. The zero-order valence-electron chi connectivity index (χ0n) is 10.7. The second-order valence-corrected chi connectivity index (χ2v) is 5.82. The Bertz CT molecular complexity index is 340. The van der Waals surface area contributed by atoms with E-state index in [0.717, 1.165) is 5.56 Å². The molecule has 0 bridgehead atoms. The Hall–Kier alpha value is -1.00. The van der Waals surface area contributed by atoms with Gasteiger partial charge in [-0.3, -0.25) is 11.3 Å². The number of nitrogens with two attached hydrogens (primary N) is 1. The summed E-state index contributed by atoms with van der Waals surface area (Å²) in [6, 6.07) is 0.187. The minimum absolute atomic E-state index is 0.187. The molecule has 0 aromatic carbocycles. The van der Waals surface area contributed by atoms with Crippen molar-refractivity contribution in [2.75, 3.05) is 0 Å². The maximum absolute atomic E-state index is 5.70. The maximum Gasteiger partial charge on any atom is 0.115 e. The lowest BCUT2D eigenvalue weighted by Crippen LogP contribution is -2.36. The van der Waals surface area contributed by atoms with E-state index in [1.54, 1.807) is 6.33 Å². The summed E-state index contributed by atoms with van der Waals surface area (Å²) in [5.41, 5.74) is 4.52. The van der Waals surface area contributed by atoms with Crippen LogP contribution < -0.4 is 11.3 Å². The normalized spacial score (nSPS) is 22.3. The lowest BCUT2D eigenvalue weighted by atomic mass is 9.70. The van der Waals surface area contributed by atoms with Crippen molar-refractivity contribution in [2.45, 2.75) is 45.6 Å². The Morgan fingerprint density at radius 2 is 1.88 bits per heavy atom. The van der Waals surface area contributed by atoms with Crippen LogP contribution in [0.4, 0.5) is 0 Å². The van der Waals surface area contributed by atoms with Gasteiger partial charge in [-0.05, 0) is 37.0 Å². The van der Waals surface area contributed by atoms with Crippen molar-refractivity contribution in [3.63, 3.8) is 0 Å². The van der Waals surface area contributed by atoms with Gasteiger partial charge in [-0.2, -0.15) is 0 Å². The molecular weight excluding hydrogens is 212 g/mol. The van der Waals surface area contributed by atoms with E-state index in [-0.39, 0.29) is 6.04 Å². The molecule has 1 atom stereocenters. The maximum atomic E-state index is 5.70. The predicted molar refractivity (Wildman–Crippen MR) is 67.8 cm³/mol. The molecule has 94 valence electrons. The van der Waals surface area contributed by atoms with Crippen LogP contribution in [0.5, 0.6) is 0 Å². The summed E-state index contributed by atoms with van der Waals surface area (Å²) in [5.74, 6) is 6.29. The molecule has 0 amide bonds. The molecular formula is C13H22N4. The van der Waals surface area contributed by atoms with Crippen molar-refractivity contribution in [1.82, 2.24) is 15.4 Å². The van der Waals surface area contributed by atoms with Crippen molar-refractivity contribution in [3.05, 3.63) is 24.3 Å². The number of nitrogens with one attached hydrogen (secondary N) is 1. The molecule has 17 heavy (non-hydrogen) atoms. The highest BCUT2D eigenvalue weighted by atomic mass is 15.2. The fourth-order valence-corrected chi connectivity index (χ4v) is 2.73. The average molecular weight is 234 g/mol. The van der Waals surface area contributed by atoms with E-state index in [9.17, 15) is 0 Å². The Morgan fingerprint density at radius 1 is 1.29 bits per heavy atom. The van der Waals surface area contributed by atoms with Crippen LogP contribution in [0.15, 0.2) is 18.7 Å². The quantitative estimate of drug-likeness (QED) is 0.621. The van der Waals surface area contributed by atoms with Crippen molar-refractivity contribution in [2.24, 2.45) is 17.2 Å². The number of hydrogen-bond donors (Lipinski definition) is 2. The van der Waals surface area contributed by atoms with Gasteiger partial charge < -0.3 is 0 Å². The molecule has 3 N–H and O–H groups in total. The topological polar surface area (TPSA) is 63.8 Å². The third-order valence-electron chi connectivity index (χ3n) is 3.97. The third-order valence-corrected chi connectivity index (χ3v) is 3.97. The molecule has 1 saturated carbocycles. The Balaban J connectivity index is 2.05. The van der Waals surface area contributed by atoms with Crippen molar-refractivity contribution < 1.29 is 0 Å². The number of aromatic nitrogens is 2. The van der Waals surface area contributed by atoms with E-state index in [1.807, 2.05) is 12.4 Å². The fourth-order valence-electron chi connectivity index (χ4n) is 2.73. The van der Waals surface area contributed by atoms with Gasteiger partial charge in [0, 0.05) is 18.0 Å². The van der Waals surface area contributed by atoms with Crippen LogP contribution >= 0.6 is 0 Å². The van der Waals surface area contributed by atoms with Crippen molar-refractivity contribution in [3.8, 4) is 0 Å². The van der Waals surface area contributed by atoms with E-state index in [0.29, 0.717) is 11.3 Å². The van der Waals surface area contributed by atoms with Crippen LogP contribution in [-0.2, 0) is 0 Å². The molecule has 1 unspecified atom stereocenters. The van der Waals surface area contributed by atoms with Crippen LogP contribution in [0.25, 0.3) is 0 Å². The summed E-state index contributed by atoms with van der Waals surface area (Å²) in [7, 11) is 0. The second-order valence-electron chi connectivity index (χ2n) is 5.82. The van der Waals surface area contributed by atoms with E-state index in [4.69, 9.17) is 5.84 Å². The average Bonchev–Trinajstić information content (AvgIpc) is 2.33. The molecule has 4 nitrogen and oxygen atoms in total.